The van der Waals surface area contributed by atoms with Crippen molar-refractivity contribution in [1.29, 1.82) is 0 Å². The minimum atomic E-state index is -4.72. The first-order valence-corrected chi connectivity index (χ1v) is 6.56. The Kier molecular flexibility index (Phi) is 4.52. The molecule has 1 N–H and O–H groups in total. The Labute approximate surface area is 115 Å². The number of benzene rings is 1. The van der Waals surface area contributed by atoms with E-state index >= 15 is 0 Å². The lowest BCUT2D eigenvalue weighted by Gasteiger charge is -2.13. The number of carbonyl (C=O) groups is 1. The molecule has 110 valence electrons. The van der Waals surface area contributed by atoms with E-state index in [1.165, 1.54) is 18.2 Å². The van der Waals surface area contributed by atoms with Crippen LogP contribution < -0.4 is 10.1 Å². The standard InChI is InChI=1S/C14H16F3NO2/c15-14(16,17)20-12-7-3-4-10(8-12)9-13(19)18-11-5-1-2-6-11/h3-4,7-8,11H,1-2,5-6,9H2,(H,18,19). The SMILES string of the molecule is O=C(Cc1cccc(OC(F)(F)F)c1)NC1CCCC1. The number of ether oxygens (including phenoxy) is 1. The summed E-state index contributed by atoms with van der Waals surface area (Å²) in [5.74, 6) is -0.468. The number of hydrogen-bond acceptors (Lipinski definition) is 2. The summed E-state index contributed by atoms with van der Waals surface area (Å²) < 4.78 is 40.1. The lowest BCUT2D eigenvalue weighted by atomic mass is 10.1. The summed E-state index contributed by atoms with van der Waals surface area (Å²) in [7, 11) is 0. The smallest absolute Gasteiger partial charge is 0.406 e. The number of alkyl halides is 3. The molecule has 0 bridgehead atoms. The summed E-state index contributed by atoms with van der Waals surface area (Å²) in [6, 6.07) is 5.71. The average Bonchev–Trinajstić information content (AvgIpc) is 2.79. The maximum Gasteiger partial charge on any atom is 0.573 e. The molecule has 1 aromatic carbocycles. The van der Waals surface area contributed by atoms with Gasteiger partial charge in [0.25, 0.3) is 0 Å². The van der Waals surface area contributed by atoms with Gasteiger partial charge in [0.2, 0.25) is 5.91 Å². The van der Waals surface area contributed by atoms with Crippen LogP contribution in [0.1, 0.15) is 31.2 Å². The first-order chi connectivity index (χ1) is 9.42. The molecular weight excluding hydrogens is 271 g/mol. The van der Waals surface area contributed by atoms with Gasteiger partial charge in [-0.3, -0.25) is 4.79 Å². The van der Waals surface area contributed by atoms with Gasteiger partial charge in [-0.25, -0.2) is 0 Å². The van der Waals surface area contributed by atoms with E-state index < -0.39 is 6.36 Å². The van der Waals surface area contributed by atoms with E-state index in [9.17, 15) is 18.0 Å². The second kappa shape index (κ2) is 6.15. The Morgan fingerprint density at radius 1 is 1.30 bits per heavy atom. The van der Waals surface area contributed by atoms with Crippen LogP contribution in [0.2, 0.25) is 0 Å². The lowest BCUT2D eigenvalue weighted by Crippen LogP contribution is -2.33. The number of carbonyl (C=O) groups excluding carboxylic acids is 1. The molecule has 1 amide bonds. The number of hydrogen-bond donors (Lipinski definition) is 1. The molecule has 0 saturated heterocycles. The number of halogens is 3. The molecule has 1 fully saturated rings. The molecule has 2 rings (SSSR count). The van der Waals surface area contributed by atoms with Crippen LogP contribution in [0, 0.1) is 0 Å². The third-order valence-corrected chi connectivity index (χ3v) is 3.22. The van der Waals surface area contributed by atoms with Crippen LogP contribution in [-0.2, 0) is 11.2 Å². The lowest BCUT2D eigenvalue weighted by molar-refractivity contribution is -0.274. The predicted molar refractivity (Wildman–Crippen MR) is 67.2 cm³/mol. The van der Waals surface area contributed by atoms with E-state index in [1.807, 2.05) is 0 Å². The van der Waals surface area contributed by atoms with Gasteiger partial charge >= 0.3 is 6.36 Å². The van der Waals surface area contributed by atoms with E-state index in [4.69, 9.17) is 0 Å². The van der Waals surface area contributed by atoms with Crippen molar-refractivity contribution in [1.82, 2.24) is 5.32 Å². The fourth-order valence-corrected chi connectivity index (χ4v) is 2.39. The molecule has 0 aliphatic heterocycles. The minimum Gasteiger partial charge on any atom is -0.406 e. The highest BCUT2D eigenvalue weighted by molar-refractivity contribution is 5.79. The van der Waals surface area contributed by atoms with E-state index in [0.29, 0.717) is 5.56 Å². The fraction of sp³-hybridized carbons (Fsp3) is 0.500. The Balaban J connectivity index is 1.91. The summed E-state index contributed by atoms with van der Waals surface area (Å²) in [4.78, 5) is 11.8. The zero-order valence-electron chi connectivity index (χ0n) is 10.9. The first kappa shape index (κ1) is 14.7. The molecule has 0 aromatic heterocycles. The molecule has 1 aliphatic carbocycles. The third-order valence-electron chi connectivity index (χ3n) is 3.22. The third kappa shape index (κ3) is 4.75. The molecule has 1 aromatic rings. The molecule has 0 spiro atoms. The summed E-state index contributed by atoms with van der Waals surface area (Å²) >= 11 is 0. The van der Waals surface area contributed by atoms with E-state index in [2.05, 4.69) is 10.1 Å². The van der Waals surface area contributed by atoms with Crippen molar-refractivity contribution >= 4 is 5.91 Å². The maximum absolute atomic E-state index is 12.1. The molecule has 0 atom stereocenters. The van der Waals surface area contributed by atoms with Gasteiger partial charge in [-0.05, 0) is 30.5 Å². The quantitative estimate of drug-likeness (QED) is 0.923. The molecule has 0 heterocycles. The molecular formula is C14H16F3NO2. The zero-order valence-corrected chi connectivity index (χ0v) is 10.9. The van der Waals surface area contributed by atoms with Crippen molar-refractivity contribution < 1.29 is 22.7 Å². The normalized spacial score (nSPS) is 16.1. The number of nitrogens with one attached hydrogen (secondary N) is 1. The fourth-order valence-electron chi connectivity index (χ4n) is 2.39. The average molecular weight is 287 g/mol. The van der Waals surface area contributed by atoms with Gasteiger partial charge in [-0.15, -0.1) is 13.2 Å². The van der Waals surface area contributed by atoms with E-state index in [-0.39, 0.29) is 24.1 Å². The minimum absolute atomic E-state index is 0.0611. The highest BCUT2D eigenvalue weighted by Crippen LogP contribution is 2.23. The second-order valence-electron chi connectivity index (χ2n) is 4.92. The van der Waals surface area contributed by atoms with Crippen LogP contribution in [-0.4, -0.2) is 18.3 Å². The number of amides is 1. The first-order valence-electron chi connectivity index (χ1n) is 6.56. The van der Waals surface area contributed by atoms with Gasteiger partial charge in [0.05, 0.1) is 6.42 Å². The summed E-state index contributed by atoms with van der Waals surface area (Å²) in [5.41, 5.74) is 0.502. The molecule has 0 radical (unpaired) electrons. The number of rotatable bonds is 4. The summed E-state index contributed by atoms with van der Waals surface area (Å²) in [6.45, 7) is 0. The second-order valence-corrected chi connectivity index (χ2v) is 4.92. The molecule has 0 unspecified atom stereocenters. The van der Waals surface area contributed by atoms with Crippen molar-refractivity contribution in [2.45, 2.75) is 44.5 Å². The highest BCUT2D eigenvalue weighted by atomic mass is 19.4. The molecule has 3 nitrogen and oxygen atoms in total. The van der Waals surface area contributed by atoms with Crippen LogP contribution in [0.3, 0.4) is 0 Å². The molecule has 20 heavy (non-hydrogen) atoms. The van der Waals surface area contributed by atoms with Crippen LogP contribution in [0.5, 0.6) is 5.75 Å². The van der Waals surface area contributed by atoms with Crippen LogP contribution in [0.4, 0.5) is 13.2 Å². The Bertz CT molecular complexity index is 468. The maximum atomic E-state index is 12.1. The van der Waals surface area contributed by atoms with Crippen molar-refractivity contribution in [3.8, 4) is 5.75 Å². The van der Waals surface area contributed by atoms with Gasteiger partial charge in [0.1, 0.15) is 5.75 Å². The molecule has 1 saturated carbocycles. The van der Waals surface area contributed by atoms with Gasteiger partial charge in [0.15, 0.2) is 0 Å². The van der Waals surface area contributed by atoms with Crippen molar-refractivity contribution in [3.63, 3.8) is 0 Å². The molecule has 6 heteroatoms. The highest BCUT2D eigenvalue weighted by Gasteiger charge is 2.31. The Morgan fingerprint density at radius 2 is 2.00 bits per heavy atom. The van der Waals surface area contributed by atoms with Crippen molar-refractivity contribution in [3.05, 3.63) is 29.8 Å². The van der Waals surface area contributed by atoms with Crippen molar-refractivity contribution in [2.75, 3.05) is 0 Å². The molecule has 1 aliphatic rings. The van der Waals surface area contributed by atoms with Crippen LogP contribution >= 0.6 is 0 Å². The Hall–Kier alpha value is -1.72. The van der Waals surface area contributed by atoms with Crippen LogP contribution in [0.15, 0.2) is 24.3 Å². The Morgan fingerprint density at radius 3 is 2.65 bits per heavy atom. The van der Waals surface area contributed by atoms with E-state index in [0.717, 1.165) is 25.7 Å². The van der Waals surface area contributed by atoms with Crippen LogP contribution in [0.25, 0.3) is 0 Å². The van der Waals surface area contributed by atoms with Gasteiger partial charge in [0, 0.05) is 6.04 Å². The van der Waals surface area contributed by atoms with E-state index in [1.54, 1.807) is 6.07 Å². The summed E-state index contributed by atoms with van der Waals surface area (Å²) in [6.07, 6.45) is -0.484. The monoisotopic (exact) mass is 287 g/mol. The van der Waals surface area contributed by atoms with Gasteiger partial charge < -0.3 is 10.1 Å². The largest absolute Gasteiger partial charge is 0.573 e. The zero-order chi connectivity index (χ0) is 14.6. The summed E-state index contributed by atoms with van der Waals surface area (Å²) in [5, 5.41) is 2.89. The van der Waals surface area contributed by atoms with Crippen molar-refractivity contribution in [2.24, 2.45) is 0 Å². The van der Waals surface area contributed by atoms with Gasteiger partial charge in [-0.1, -0.05) is 25.0 Å². The topological polar surface area (TPSA) is 38.3 Å². The predicted octanol–water partition coefficient (Wildman–Crippen LogP) is 3.19. The van der Waals surface area contributed by atoms with Gasteiger partial charge in [-0.2, -0.15) is 0 Å².